The Kier molecular flexibility index (Phi) is 7.47. The first-order chi connectivity index (χ1) is 16.5. The van der Waals surface area contributed by atoms with Gasteiger partial charge in [0.1, 0.15) is 12.7 Å². The van der Waals surface area contributed by atoms with Crippen LogP contribution in [0.3, 0.4) is 0 Å². The van der Waals surface area contributed by atoms with Gasteiger partial charge >= 0.3 is 12.1 Å². The molecule has 2 aromatic rings. The number of nitrogens with zero attached hydrogens (tertiary/aromatic N) is 1. The molecule has 2 N–H and O–H groups in total. The normalized spacial score (nSPS) is 18.7. The summed E-state index contributed by atoms with van der Waals surface area (Å²) in [6.45, 7) is 3.24. The van der Waals surface area contributed by atoms with Gasteiger partial charge in [0, 0.05) is 38.1 Å². The van der Waals surface area contributed by atoms with Crippen LogP contribution in [0.15, 0.2) is 48.5 Å². The van der Waals surface area contributed by atoms with Crippen LogP contribution < -0.4 is 5.32 Å². The van der Waals surface area contributed by atoms with Crippen molar-refractivity contribution in [1.29, 1.82) is 0 Å². The van der Waals surface area contributed by atoms with E-state index in [1.807, 2.05) is 24.3 Å². The van der Waals surface area contributed by atoms with Crippen LogP contribution in [0.1, 0.15) is 36.8 Å². The van der Waals surface area contributed by atoms with Crippen molar-refractivity contribution in [2.45, 2.75) is 31.8 Å². The molecular weight excluding hydrogens is 436 g/mol. The summed E-state index contributed by atoms with van der Waals surface area (Å²) in [5.74, 6) is -1.39. The lowest BCUT2D eigenvalue weighted by molar-refractivity contribution is -0.144. The van der Waals surface area contributed by atoms with Crippen LogP contribution in [0.25, 0.3) is 11.1 Å². The number of hydrogen-bond donors (Lipinski definition) is 2. The van der Waals surface area contributed by atoms with Crippen LogP contribution in [-0.2, 0) is 19.1 Å². The van der Waals surface area contributed by atoms with Gasteiger partial charge in [-0.1, -0.05) is 48.5 Å². The van der Waals surface area contributed by atoms with Crippen molar-refractivity contribution in [2.24, 2.45) is 5.92 Å². The van der Waals surface area contributed by atoms with E-state index < -0.39 is 18.2 Å². The van der Waals surface area contributed by atoms with Gasteiger partial charge < -0.3 is 24.8 Å². The van der Waals surface area contributed by atoms with Gasteiger partial charge in [-0.3, -0.25) is 9.59 Å². The topological polar surface area (TPSA) is 105 Å². The van der Waals surface area contributed by atoms with Crippen LogP contribution in [0, 0.1) is 5.92 Å². The number of aliphatic carboxylic acids is 1. The molecule has 0 aromatic heterocycles. The molecule has 2 amide bonds. The molecule has 0 unspecified atom stereocenters. The molecular formula is C26H30N2O6. The second-order valence-corrected chi connectivity index (χ2v) is 8.61. The van der Waals surface area contributed by atoms with Crippen LogP contribution in [-0.4, -0.2) is 66.9 Å². The monoisotopic (exact) mass is 466 g/mol. The SMILES string of the molecule is CCN(CCC(=O)O)C(=O)[C@H]1OCC[C@H]1CNC(=O)OCC1c2ccccc2-c2ccccc21. The summed E-state index contributed by atoms with van der Waals surface area (Å²) in [7, 11) is 0. The maximum Gasteiger partial charge on any atom is 0.407 e. The number of amides is 2. The van der Waals surface area contributed by atoms with Gasteiger partial charge in [0.15, 0.2) is 0 Å². The van der Waals surface area contributed by atoms with Crippen molar-refractivity contribution in [1.82, 2.24) is 10.2 Å². The molecule has 0 radical (unpaired) electrons. The number of hydrogen-bond acceptors (Lipinski definition) is 5. The quantitative estimate of drug-likeness (QED) is 0.588. The number of alkyl carbamates (subject to hydrolysis) is 1. The highest BCUT2D eigenvalue weighted by atomic mass is 16.5. The number of benzene rings is 2. The number of fused-ring (bicyclic) bond motifs is 3. The van der Waals surface area contributed by atoms with E-state index in [9.17, 15) is 14.4 Å². The molecule has 2 atom stereocenters. The van der Waals surface area contributed by atoms with E-state index in [2.05, 4.69) is 29.6 Å². The van der Waals surface area contributed by atoms with E-state index in [0.717, 1.165) is 11.1 Å². The Morgan fingerprint density at radius 2 is 1.74 bits per heavy atom. The van der Waals surface area contributed by atoms with E-state index in [1.165, 1.54) is 16.0 Å². The first kappa shape index (κ1) is 23.8. The lowest BCUT2D eigenvalue weighted by atomic mass is 9.98. The minimum Gasteiger partial charge on any atom is -0.481 e. The van der Waals surface area contributed by atoms with Gasteiger partial charge in [0.2, 0.25) is 0 Å². The summed E-state index contributed by atoms with van der Waals surface area (Å²) in [5.41, 5.74) is 4.62. The van der Waals surface area contributed by atoms with E-state index in [1.54, 1.807) is 6.92 Å². The molecule has 0 spiro atoms. The zero-order valence-electron chi connectivity index (χ0n) is 19.2. The molecule has 2 aromatic carbocycles. The second kappa shape index (κ2) is 10.7. The highest BCUT2D eigenvalue weighted by Gasteiger charge is 2.37. The van der Waals surface area contributed by atoms with Crippen LogP contribution in [0.5, 0.6) is 0 Å². The van der Waals surface area contributed by atoms with Gasteiger partial charge in [0.05, 0.1) is 6.42 Å². The molecule has 1 saturated heterocycles. The van der Waals surface area contributed by atoms with Crippen molar-refractivity contribution < 1.29 is 29.0 Å². The molecule has 1 fully saturated rings. The minimum atomic E-state index is -0.952. The number of carbonyl (C=O) groups excluding carboxylic acids is 2. The highest BCUT2D eigenvalue weighted by Crippen LogP contribution is 2.44. The maximum atomic E-state index is 12.8. The predicted molar refractivity (Wildman–Crippen MR) is 125 cm³/mol. The number of ether oxygens (including phenoxy) is 2. The number of carbonyl (C=O) groups is 3. The van der Waals surface area contributed by atoms with Crippen molar-refractivity contribution in [3.63, 3.8) is 0 Å². The number of carboxylic acid groups (broad SMARTS) is 1. The predicted octanol–water partition coefficient (Wildman–Crippen LogP) is 3.25. The summed E-state index contributed by atoms with van der Waals surface area (Å²) >= 11 is 0. The van der Waals surface area contributed by atoms with E-state index >= 15 is 0 Å². The number of rotatable bonds is 9. The first-order valence-electron chi connectivity index (χ1n) is 11.7. The third kappa shape index (κ3) is 5.07. The summed E-state index contributed by atoms with van der Waals surface area (Å²) in [5, 5.41) is 11.7. The van der Waals surface area contributed by atoms with Crippen LogP contribution >= 0.6 is 0 Å². The fourth-order valence-electron chi connectivity index (χ4n) is 4.81. The smallest absolute Gasteiger partial charge is 0.407 e. The molecule has 34 heavy (non-hydrogen) atoms. The fraction of sp³-hybridized carbons (Fsp3) is 0.423. The molecule has 1 aliphatic carbocycles. The maximum absolute atomic E-state index is 12.8. The summed E-state index contributed by atoms with van der Waals surface area (Å²) < 4.78 is 11.2. The van der Waals surface area contributed by atoms with Gasteiger partial charge in [-0.25, -0.2) is 4.79 Å². The lowest BCUT2D eigenvalue weighted by Gasteiger charge is -2.26. The van der Waals surface area contributed by atoms with Crippen molar-refractivity contribution in [3.05, 3.63) is 59.7 Å². The zero-order chi connectivity index (χ0) is 24.1. The third-order valence-electron chi connectivity index (χ3n) is 6.60. The van der Waals surface area contributed by atoms with Gasteiger partial charge in [-0.2, -0.15) is 0 Å². The van der Waals surface area contributed by atoms with Crippen molar-refractivity contribution in [2.75, 3.05) is 32.8 Å². The Bertz CT molecular complexity index is 1010. The number of nitrogens with one attached hydrogen (secondary N) is 1. The Labute approximate surface area is 198 Å². The minimum absolute atomic E-state index is 0.0189. The number of carboxylic acids is 1. The summed E-state index contributed by atoms with van der Waals surface area (Å²) in [6.07, 6.45) is -0.702. The van der Waals surface area contributed by atoms with Gasteiger partial charge in [0.25, 0.3) is 5.91 Å². The molecule has 0 saturated carbocycles. The van der Waals surface area contributed by atoms with Crippen molar-refractivity contribution in [3.8, 4) is 11.1 Å². The average molecular weight is 467 g/mol. The molecule has 2 aliphatic rings. The van der Waals surface area contributed by atoms with Gasteiger partial charge in [-0.05, 0) is 35.6 Å². The molecule has 8 heteroatoms. The van der Waals surface area contributed by atoms with E-state index in [-0.39, 0.29) is 43.9 Å². The Hall–Kier alpha value is -3.39. The fourth-order valence-corrected chi connectivity index (χ4v) is 4.81. The van der Waals surface area contributed by atoms with Gasteiger partial charge in [-0.15, -0.1) is 0 Å². The summed E-state index contributed by atoms with van der Waals surface area (Å²) in [4.78, 5) is 37.7. The molecule has 1 heterocycles. The molecule has 0 bridgehead atoms. The molecule has 4 rings (SSSR count). The van der Waals surface area contributed by atoms with Crippen LogP contribution in [0.4, 0.5) is 4.79 Å². The van der Waals surface area contributed by atoms with Crippen LogP contribution in [0.2, 0.25) is 0 Å². The Balaban J connectivity index is 1.31. The van der Waals surface area contributed by atoms with E-state index in [4.69, 9.17) is 14.6 Å². The second-order valence-electron chi connectivity index (χ2n) is 8.61. The number of likely N-dealkylation sites (N-methyl/N-ethyl adjacent to an activating group) is 1. The van der Waals surface area contributed by atoms with Crippen molar-refractivity contribution >= 4 is 18.0 Å². The molecule has 8 nitrogen and oxygen atoms in total. The summed E-state index contributed by atoms with van der Waals surface area (Å²) in [6, 6.07) is 16.3. The Morgan fingerprint density at radius 3 is 2.35 bits per heavy atom. The molecule has 180 valence electrons. The largest absolute Gasteiger partial charge is 0.481 e. The molecule has 1 aliphatic heterocycles. The highest BCUT2D eigenvalue weighted by molar-refractivity contribution is 5.82. The first-order valence-corrected chi connectivity index (χ1v) is 11.7. The zero-order valence-corrected chi connectivity index (χ0v) is 19.2. The third-order valence-corrected chi connectivity index (χ3v) is 6.60. The van der Waals surface area contributed by atoms with E-state index in [0.29, 0.717) is 19.6 Å². The average Bonchev–Trinajstić information content (AvgIpc) is 3.44. The lowest BCUT2D eigenvalue weighted by Crippen LogP contribution is -2.45. The standard InChI is InChI=1S/C26H30N2O6/c1-2-28(13-11-23(29)30)25(31)24-17(12-14-33-24)15-27-26(32)34-16-22-20-9-5-3-7-18(20)19-8-4-6-10-21(19)22/h3-10,17,22,24H,2,11-16H2,1H3,(H,27,32)(H,29,30)/t17-,24-/m0/s1. The Morgan fingerprint density at radius 1 is 1.09 bits per heavy atom.